The number of benzene rings is 11. The first-order valence-corrected chi connectivity index (χ1v) is 39.1. The maximum atomic E-state index is 12.5. The van der Waals surface area contributed by atoms with E-state index in [4.69, 9.17) is 24.2 Å². The van der Waals surface area contributed by atoms with Gasteiger partial charge in [0.1, 0.15) is 46.6 Å². The molecule has 1 aliphatic carbocycles. The first-order valence-electron chi connectivity index (χ1n) is 39.1. The topological polar surface area (TPSA) is 336 Å². The highest BCUT2D eigenvalue weighted by atomic mass is 16.5. The fourth-order valence-corrected chi connectivity index (χ4v) is 11.7. The normalized spacial score (nSPS) is 11.4. The summed E-state index contributed by atoms with van der Waals surface area (Å²) in [4.78, 5) is 55.0. The number of aliphatic hydroxyl groups is 1. The highest BCUT2D eigenvalue weighted by Gasteiger charge is 2.33. The van der Waals surface area contributed by atoms with Crippen molar-refractivity contribution < 1.29 is 48.3 Å². The quantitative estimate of drug-likeness (QED) is 0.0275. The Balaban J connectivity index is 0.000000174. The van der Waals surface area contributed by atoms with Gasteiger partial charge in [-0.15, -0.1) is 15.3 Å². The Morgan fingerprint density at radius 1 is 0.418 bits per heavy atom. The number of aliphatic hydroxyl groups excluding tert-OH is 1. The third-order valence-electron chi connectivity index (χ3n) is 18.2. The van der Waals surface area contributed by atoms with E-state index in [1.165, 1.54) is 43.0 Å². The van der Waals surface area contributed by atoms with Gasteiger partial charge in [0.25, 0.3) is 0 Å². The standard InChI is InChI=1S/C22H28N4O4.C21H20N4O.C19H22N4O.C18H11NO3.C16H17N3O/c1-16-5-7-19(8-6-16)24-25-21-10-9-20(15-22(21)23-17(2)27)26(11-13-29-4)12-14-30-18(3)28;1-15-4-8-17(9-5-15)22-24-19-12-13-20(21(14-19)26-3)25-23-18-10-6-16(2)7-11-18;1-16-4-6-17(7-5-16)21-22-18-8-10-19(11-9-18)23(13-3-12-20)14-15-24-2;20-14-9-10-5-1-4-8-13(10)19-16(14)15-17(21)11-6-2-3-7-12(11)18(15)22;1-11-4-7-14(8-5-11)18-19-15-9-6-12(2)10-16(15)17-13(3)20/h5-10,15H,11-14H2,1-4H3,(H,23,27);4-14H,1-3H3;4-11H,3,13-15H2,1-2H3;1-9,20-21H;4-10H,1-3H3,(H,17,20). The van der Waals surface area contributed by atoms with Crippen LogP contribution in [0.3, 0.4) is 0 Å². The van der Waals surface area contributed by atoms with Crippen LogP contribution in [-0.2, 0) is 28.6 Å². The Kier molecular flexibility index (Phi) is 34.9. The Bertz CT molecular complexity index is 5760. The second-order valence-electron chi connectivity index (χ2n) is 28.0. The number of carbonyl (C=O) groups excluding carboxylic acids is 4. The molecule has 1 heterocycles. The molecular formula is C96H98N16O10. The van der Waals surface area contributed by atoms with Crippen LogP contribution in [-0.4, -0.2) is 106 Å². The highest BCUT2D eigenvalue weighted by molar-refractivity contribution is 6.39. The molecule has 26 heteroatoms. The number of nitrogens with zero attached hydrogens (tertiary/aromatic N) is 14. The number of nitrogens with one attached hydrogen (secondary N) is 2. The van der Waals surface area contributed by atoms with Gasteiger partial charge in [0.05, 0.1) is 102 Å². The summed E-state index contributed by atoms with van der Waals surface area (Å²) in [5, 5.41) is 78.2. The number of fused-ring (bicyclic) bond motifs is 2. The van der Waals surface area contributed by atoms with Crippen molar-refractivity contribution in [2.75, 3.05) is 87.8 Å². The van der Waals surface area contributed by atoms with Gasteiger partial charge >= 0.3 is 5.97 Å². The van der Waals surface area contributed by atoms with Crippen LogP contribution in [0.2, 0.25) is 0 Å². The van der Waals surface area contributed by atoms with Gasteiger partial charge in [0.2, 0.25) is 11.8 Å². The molecule has 1 aromatic heterocycles. The largest absolute Gasteiger partial charge is 0.506 e. The number of aromatic hydroxyl groups is 1. The lowest BCUT2D eigenvalue weighted by Gasteiger charge is -2.25. The van der Waals surface area contributed by atoms with Gasteiger partial charge in [-0.25, -0.2) is 4.98 Å². The maximum absolute atomic E-state index is 12.5. The monoisotopic (exact) mass is 1630 g/mol. The van der Waals surface area contributed by atoms with Gasteiger partial charge in [-0.2, -0.15) is 41.1 Å². The molecule has 0 unspecified atom stereocenters. The summed E-state index contributed by atoms with van der Waals surface area (Å²) in [6.45, 7) is 20.3. The van der Waals surface area contributed by atoms with Gasteiger partial charge in [-0.1, -0.05) is 137 Å². The van der Waals surface area contributed by atoms with Crippen molar-refractivity contribution in [2.24, 2.45) is 51.1 Å². The lowest BCUT2D eigenvalue weighted by molar-refractivity contribution is -0.140. The molecular weight excluding hydrogens is 1540 g/mol. The van der Waals surface area contributed by atoms with E-state index in [9.17, 15) is 29.4 Å². The van der Waals surface area contributed by atoms with Crippen molar-refractivity contribution in [3.05, 3.63) is 305 Å². The minimum absolute atomic E-state index is 0.0458. The predicted molar refractivity (Wildman–Crippen MR) is 481 cm³/mol. The van der Waals surface area contributed by atoms with Crippen LogP contribution in [0.4, 0.5) is 79.6 Å². The molecule has 0 atom stereocenters. The van der Waals surface area contributed by atoms with Crippen LogP contribution >= 0.6 is 0 Å². The van der Waals surface area contributed by atoms with Crippen molar-refractivity contribution in [2.45, 2.75) is 68.7 Å². The Morgan fingerprint density at radius 3 is 1.26 bits per heavy atom. The molecule has 622 valence electrons. The number of aromatic nitrogens is 1. The molecule has 26 nitrogen and oxygen atoms in total. The molecule has 13 rings (SSSR count). The number of ketones is 1. The summed E-state index contributed by atoms with van der Waals surface area (Å²) >= 11 is 0. The second kappa shape index (κ2) is 46.9. The van der Waals surface area contributed by atoms with E-state index in [-0.39, 0.29) is 52.9 Å². The lowest BCUT2D eigenvalue weighted by Crippen LogP contribution is -2.31. The second-order valence-corrected chi connectivity index (χ2v) is 28.0. The van der Waals surface area contributed by atoms with Gasteiger partial charge < -0.3 is 49.6 Å². The first kappa shape index (κ1) is 91.0. The minimum Gasteiger partial charge on any atom is -0.506 e. The number of hydrogen-bond donors (Lipinski definition) is 4. The zero-order valence-electron chi connectivity index (χ0n) is 70.3. The molecule has 12 aromatic rings. The maximum Gasteiger partial charge on any atom is 0.302 e. The third-order valence-corrected chi connectivity index (χ3v) is 18.2. The van der Waals surface area contributed by atoms with Crippen LogP contribution in [0, 0.1) is 52.9 Å². The smallest absolute Gasteiger partial charge is 0.302 e. The van der Waals surface area contributed by atoms with Crippen LogP contribution in [0.1, 0.15) is 82.2 Å². The number of Topliss-reactive ketones (excluding diaryl/α,β-unsaturated/α-hetero) is 1. The summed E-state index contributed by atoms with van der Waals surface area (Å²) in [6.07, 6.45) is 0.485. The highest BCUT2D eigenvalue weighted by Crippen LogP contribution is 2.41. The Morgan fingerprint density at radius 2 is 0.803 bits per heavy atom. The predicted octanol–water partition coefficient (Wildman–Crippen LogP) is 24.5. The van der Waals surface area contributed by atoms with E-state index in [2.05, 4.69) is 77.7 Å². The van der Waals surface area contributed by atoms with Gasteiger partial charge in [-0.05, 0) is 187 Å². The molecule has 0 spiro atoms. The fourth-order valence-electron chi connectivity index (χ4n) is 11.7. The molecule has 0 saturated heterocycles. The van der Waals surface area contributed by atoms with Gasteiger partial charge in [-0.3, -0.25) is 19.2 Å². The summed E-state index contributed by atoms with van der Waals surface area (Å²) in [5.74, 6) is -0.648. The van der Waals surface area contributed by atoms with Crippen LogP contribution < -0.4 is 25.2 Å². The number of esters is 1. The number of anilines is 4. The molecule has 0 fully saturated rings. The number of amides is 2. The van der Waals surface area contributed by atoms with Crippen LogP contribution in [0.15, 0.2) is 306 Å². The molecule has 0 radical (unpaired) electrons. The minimum atomic E-state index is -0.328. The van der Waals surface area contributed by atoms with Crippen molar-refractivity contribution in [1.82, 2.24) is 4.98 Å². The summed E-state index contributed by atoms with van der Waals surface area (Å²) in [5.41, 5.74) is 19.0. The van der Waals surface area contributed by atoms with Crippen molar-refractivity contribution in [1.29, 1.82) is 5.26 Å². The molecule has 0 bridgehead atoms. The number of hydrogen-bond acceptors (Lipinski definition) is 24. The Labute approximate surface area is 710 Å². The number of carbonyl (C=O) groups is 4. The zero-order valence-corrected chi connectivity index (χ0v) is 70.3. The number of methoxy groups -OCH3 is 3. The number of pyridine rings is 1. The fraction of sp³-hybridized carbons (Fsp3) is 0.208. The van der Waals surface area contributed by atoms with Crippen molar-refractivity contribution in [3.8, 4) is 17.6 Å². The van der Waals surface area contributed by atoms with Gasteiger partial charge in [0, 0.05) is 88.6 Å². The Hall–Kier alpha value is -14.9. The summed E-state index contributed by atoms with van der Waals surface area (Å²) < 4.78 is 20.8. The van der Waals surface area contributed by atoms with Crippen molar-refractivity contribution >= 4 is 125 Å². The van der Waals surface area contributed by atoms with E-state index < -0.39 is 0 Å². The van der Waals surface area contributed by atoms with E-state index in [1.807, 2.05) is 253 Å². The SMILES string of the molecule is CC(=O)Nc1cc(C)ccc1N=Nc1ccc(C)cc1.COCCN(CCC#N)c1ccc(N=Nc2ccc(C)cc2)cc1.COCCN(CCOC(C)=O)c1ccc(N=Nc2ccc(C)cc2)c(NC(C)=O)c1.COc1cc(N=Nc2ccc(C)cc2)ccc1N=Nc1ccc(C)cc1.O=C1C(c2nc3ccccc3cc2O)=C(O)c2ccccc21. The number of rotatable bonds is 27. The van der Waals surface area contributed by atoms with Crippen LogP contribution in [0.25, 0.3) is 22.2 Å². The summed E-state index contributed by atoms with van der Waals surface area (Å²) in [6, 6.07) is 81.4. The average molecular weight is 1640 g/mol. The number of allylic oxidation sites excluding steroid dienone is 1. The number of nitriles is 1. The summed E-state index contributed by atoms with van der Waals surface area (Å²) in [7, 11) is 4.90. The molecule has 0 saturated carbocycles. The third kappa shape index (κ3) is 28.7. The number of azo groups is 5. The molecule has 0 aliphatic heterocycles. The molecule has 122 heavy (non-hydrogen) atoms. The molecule has 2 amide bonds. The number of aryl methyl sites for hydroxylation is 6. The van der Waals surface area contributed by atoms with E-state index in [0.717, 1.165) is 68.6 Å². The lowest BCUT2D eigenvalue weighted by atomic mass is 10.0. The zero-order chi connectivity index (χ0) is 87.3. The van der Waals surface area contributed by atoms with Crippen molar-refractivity contribution in [3.63, 3.8) is 0 Å². The molecule has 1 aliphatic rings. The van der Waals surface area contributed by atoms with E-state index >= 15 is 0 Å². The van der Waals surface area contributed by atoms with Gasteiger partial charge in [0.15, 0.2) is 5.78 Å². The first-order chi connectivity index (χ1) is 58.9. The van der Waals surface area contributed by atoms with E-state index in [1.54, 1.807) is 69.9 Å². The average Bonchev–Trinajstić information content (AvgIpc) is 1.60. The molecule has 11 aromatic carbocycles. The number of para-hydroxylation sites is 1. The molecule has 4 N–H and O–H groups in total. The number of ether oxygens (including phenoxy) is 4. The van der Waals surface area contributed by atoms with E-state index in [0.29, 0.717) is 95.8 Å². The van der Waals surface area contributed by atoms with Crippen LogP contribution in [0.5, 0.6) is 11.5 Å².